The highest BCUT2D eigenvalue weighted by Crippen LogP contribution is 2.33. The molecule has 0 aliphatic rings. The summed E-state index contributed by atoms with van der Waals surface area (Å²) in [4.78, 5) is 0.879. The van der Waals surface area contributed by atoms with E-state index in [1.807, 2.05) is 0 Å². The van der Waals surface area contributed by atoms with Crippen molar-refractivity contribution in [3.05, 3.63) is 59.4 Å². The van der Waals surface area contributed by atoms with E-state index in [2.05, 4.69) is 5.32 Å². The maximum atomic E-state index is 13.8. The fourth-order valence-electron chi connectivity index (χ4n) is 1.66. The van der Waals surface area contributed by atoms with Gasteiger partial charge in [0.2, 0.25) is 0 Å². The minimum Gasteiger partial charge on any atom is -0.316 e. The molecule has 1 nitrogen and oxygen atoms in total. The Morgan fingerprint density at radius 3 is 2.47 bits per heavy atom. The van der Waals surface area contributed by atoms with Crippen LogP contribution in [-0.2, 0) is 6.54 Å². The molecule has 0 spiro atoms. The monoisotopic (exact) mass is 283 g/mol. The topological polar surface area (TPSA) is 12.0 Å². The van der Waals surface area contributed by atoms with Gasteiger partial charge in [-0.3, -0.25) is 0 Å². The molecule has 0 saturated heterocycles. The maximum Gasteiger partial charge on any atom is 0.159 e. The van der Waals surface area contributed by atoms with E-state index >= 15 is 0 Å². The minimum atomic E-state index is -0.934. The lowest BCUT2D eigenvalue weighted by Crippen LogP contribution is -2.06. The molecule has 0 aliphatic carbocycles. The number of hydrogen-bond donors (Lipinski definition) is 1. The summed E-state index contributed by atoms with van der Waals surface area (Å²) >= 11 is 1.08. The largest absolute Gasteiger partial charge is 0.316 e. The Hall–Kier alpha value is -1.46. The van der Waals surface area contributed by atoms with Crippen molar-refractivity contribution in [1.29, 1.82) is 0 Å². The van der Waals surface area contributed by atoms with E-state index in [1.54, 1.807) is 19.2 Å². The smallest absolute Gasteiger partial charge is 0.159 e. The zero-order chi connectivity index (χ0) is 13.8. The lowest BCUT2D eigenvalue weighted by molar-refractivity contribution is 0.506. The van der Waals surface area contributed by atoms with Crippen LogP contribution in [0.1, 0.15) is 5.56 Å². The Kier molecular flexibility index (Phi) is 4.50. The van der Waals surface area contributed by atoms with Crippen molar-refractivity contribution >= 4 is 11.8 Å². The second kappa shape index (κ2) is 6.12. The van der Waals surface area contributed by atoms with Crippen LogP contribution in [0, 0.1) is 17.5 Å². The van der Waals surface area contributed by atoms with Crippen molar-refractivity contribution in [2.45, 2.75) is 16.3 Å². The summed E-state index contributed by atoms with van der Waals surface area (Å²) in [5.74, 6) is -2.22. The van der Waals surface area contributed by atoms with Gasteiger partial charge in [0.15, 0.2) is 11.6 Å². The molecule has 0 atom stereocenters. The van der Waals surface area contributed by atoms with Crippen LogP contribution in [-0.4, -0.2) is 7.05 Å². The van der Waals surface area contributed by atoms with Gasteiger partial charge in [0, 0.05) is 11.4 Å². The lowest BCUT2D eigenvalue weighted by Gasteiger charge is -2.10. The SMILES string of the molecule is CNCc1cccc(F)c1Sc1ccc(F)c(F)c1. The van der Waals surface area contributed by atoms with E-state index in [0.717, 1.165) is 29.5 Å². The Morgan fingerprint density at radius 2 is 1.79 bits per heavy atom. The minimum absolute atomic E-state index is 0.373. The first-order valence-electron chi connectivity index (χ1n) is 5.66. The molecule has 100 valence electrons. The van der Waals surface area contributed by atoms with Crippen LogP contribution in [0.3, 0.4) is 0 Å². The van der Waals surface area contributed by atoms with Gasteiger partial charge in [0.25, 0.3) is 0 Å². The summed E-state index contributed by atoms with van der Waals surface area (Å²) in [7, 11) is 1.76. The summed E-state index contributed by atoms with van der Waals surface area (Å²) in [6, 6.07) is 8.30. The average molecular weight is 283 g/mol. The highest BCUT2D eigenvalue weighted by Gasteiger charge is 2.11. The van der Waals surface area contributed by atoms with E-state index in [1.165, 1.54) is 12.1 Å². The molecule has 0 heterocycles. The molecule has 0 aromatic heterocycles. The lowest BCUT2D eigenvalue weighted by atomic mass is 10.2. The van der Waals surface area contributed by atoms with E-state index < -0.39 is 11.6 Å². The van der Waals surface area contributed by atoms with Gasteiger partial charge in [-0.2, -0.15) is 0 Å². The molecule has 0 unspecified atom stereocenters. The first-order chi connectivity index (χ1) is 9.11. The number of hydrogen-bond acceptors (Lipinski definition) is 2. The van der Waals surface area contributed by atoms with Crippen molar-refractivity contribution in [3.63, 3.8) is 0 Å². The van der Waals surface area contributed by atoms with Gasteiger partial charge in [-0.05, 0) is 36.9 Å². The van der Waals surface area contributed by atoms with Crippen LogP contribution >= 0.6 is 11.8 Å². The zero-order valence-electron chi connectivity index (χ0n) is 10.2. The Morgan fingerprint density at radius 1 is 1.00 bits per heavy atom. The van der Waals surface area contributed by atoms with Crippen molar-refractivity contribution in [2.75, 3.05) is 7.05 Å². The van der Waals surface area contributed by atoms with Gasteiger partial charge >= 0.3 is 0 Å². The summed E-state index contributed by atoms with van der Waals surface area (Å²) in [6.45, 7) is 0.504. The van der Waals surface area contributed by atoms with Crippen LogP contribution in [0.2, 0.25) is 0 Å². The Balaban J connectivity index is 2.34. The fourth-order valence-corrected chi connectivity index (χ4v) is 2.63. The van der Waals surface area contributed by atoms with Crippen molar-refractivity contribution in [3.8, 4) is 0 Å². The highest BCUT2D eigenvalue weighted by molar-refractivity contribution is 7.99. The molecule has 2 aromatic rings. The predicted molar refractivity (Wildman–Crippen MR) is 69.6 cm³/mol. The van der Waals surface area contributed by atoms with Gasteiger partial charge in [0.1, 0.15) is 5.82 Å². The third-order valence-corrected chi connectivity index (χ3v) is 3.68. The molecule has 2 rings (SSSR count). The fraction of sp³-hybridized carbons (Fsp3) is 0.143. The molecule has 1 N–H and O–H groups in total. The molecule has 5 heteroatoms. The van der Waals surface area contributed by atoms with Crippen LogP contribution < -0.4 is 5.32 Å². The Labute approximate surface area is 113 Å². The molecule has 0 aliphatic heterocycles. The molecular weight excluding hydrogens is 271 g/mol. The maximum absolute atomic E-state index is 13.8. The number of benzene rings is 2. The summed E-state index contributed by atoms with van der Waals surface area (Å²) < 4.78 is 39.8. The number of nitrogens with one attached hydrogen (secondary N) is 1. The van der Waals surface area contributed by atoms with Crippen molar-refractivity contribution in [2.24, 2.45) is 0 Å². The molecule has 0 radical (unpaired) electrons. The van der Waals surface area contributed by atoms with Crippen LogP contribution in [0.4, 0.5) is 13.2 Å². The van der Waals surface area contributed by atoms with Crippen molar-refractivity contribution in [1.82, 2.24) is 5.32 Å². The molecule has 0 saturated carbocycles. The van der Waals surface area contributed by atoms with Gasteiger partial charge in [0.05, 0.1) is 4.90 Å². The third-order valence-electron chi connectivity index (χ3n) is 2.53. The van der Waals surface area contributed by atoms with Gasteiger partial charge in [-0.25, -0.2) is 13.2 Å². The summed E-state index contributed by atoms with van der Waals surface area (Å²) in [5.41, 5.74) is 0.775. The number of halogens is 3. The van der Waals surface area contributed by atoms with E-state index in [4.69, 9.17) is 0 Å². The third kappa shape index (κ3) is 3.30. The quantitative estimate of drug-likeness (QED) is 0.911. The van der Waals surface area contributed by atoms with Crippen LogP contribution in [0.15, 0.2) is 46.2 Å². The van der Waals surface area contributed by atoms with E-state index in [0.29, 0.717) is 16.3 Å². The molecule has 2 aromatic carbocycles. The first-order valence-corrected chi connectivity index (χ1v) is 6.48. The second-order valence-corrected chi connectivity index (χ2v) is 5.02. The molecule has 0 amide bonds. The molecule has 19 heavy (non-hydrogen) atoms. The molecule has 0 bridgehead atoms. The Bertz CT molecular complexity index is 587. The van der Waals surface area contributed by atoms with Gasteiger partial charge < -0.3 is 5.32 Å². The van der Waals surface area contributed by atoms with Crippen molar-refractivity contribution < 1.29 is 13.2 Å². The average Bonchev–Trinajstić information content (AvgIpc) is 2.38. The second-order valence-electron chi connectivity index (χ2n) is 3.94. The highest BCUT2D eigenvalue weighted by atomic mass is 32.2. The zero-order valence-corrected chi connectivity index (χ0v) is 11.0. The summed E-state index contributed by atoms with van der Waals surface area (Å²) in [5, 5.41) is 2.94. The molecular formula is C14H12F3NS. The first kappa shape index (κ1) is 14.0. The van der Waals surface area contributed by atoms with Gasteiger partial charge in [-0.1, -0.05) is 23.9 Å². The van der Waals surface area contributed by atoms with Crippen LogP contribution in [0.25, 0.3) is 0 Å². The normalized spacial score (nSPS) is 10.7. The van der Waals surface area contributed by atoms with Crippen LogP contribution in [0.5, 0.6) is 0 Å². The van der Waals surface area contributed by atoms with E-state index in [-0.39, 0.29) is 5.82 Å². The predicted octanol–water partition coefficient (Wildman–Crippen LogP) is 3.97. The molecule has 0 fully saturated rings. The summed E-state index contributed by atoms with van der Waals surface area (Å²) in [6.07, 6.45) is 0. The standard InChI is InChI=1S/C14H12F3NS/c1-18-8-9-3-2-4-12(16)14(9)19-10-5-6-11(15)13(17)7-10/h2-7,18H,8H2,1H3. The number of rotatable bonds is 4. The van der Waals surface area contributed by atoms with E-state index in [9.17, 15) is 13.2 Å². The van der Waals surface area contributed by atoms with Gasteiger partial charge in [-0.15, -0.1) is 0 Å².